The topological polar surface area (TPSA) is 153 Å². The van der Waals surface area contributed by atoms with Gasteiger partial charge in [-0.3, -0.25) is 19.8 Å². The maximum atomic E-state index is 13.7. The fraction of sp³-hybridized carbons (Fsp3) is 0.176. The highest BCUT2D eigenvalue weighted by Crippen LogP contribution is 2.31. The quantitative estimate of drug-likeness (QED) is 0.375. The van der Waals surface area contributed by atoms with E-state index < -0.39 is 11.7 Å². The van der Waals surface area contributed by atoms with E-state index in [0.717, 1.165) is 10.9 Å². The molecule has 5 aromatic rings. The van der Waals surface area contributed by atoms with Gasteiger partial charge in [0.2, 0.25) is 0 Å². The molecule has 1 amide bonds. The molecule has 0 saturated heterocycles. The van der Waals surface area contributed by atoms with E-state index in [1.54, 1.807) is 17.8 Å². The molecule has 0 fully saturated rings. The largest absolute Gasteiger partial charge is 0.365 e. The Hall–Kier alpha value is -3.87. The van der Waals surface area contributed by atoms with Crippen molar-refractivity contribution in [3.05, 3.63) is 56.7 Å². The number of rotatable bonds is 5. The van der Waals surface area contributed by atoms with Crippen LogP contribution in [-0.2, 0) is 20.0 Å². The number of nitrogens with two attached hydrogens (primary N) is 1. The van der Waals surface area contributed by atoms with E-state index in [1.807, 2.05) is 0 Å². The first-order valence-electron chi connectivity index (χ1n) is 8.77. The number of halogens is 1. The number of primary amides is 1. The zero-order chi connectivity index (χ0) is 21.0. The fourth-order valence-electron chi connectivity index (χ4n) is 3.39. The van der Waals surface area contributed by atoms with E-state index >= 15 is 0 Å². The van der Waals surface area contributed by atoms with Crippen LogP contribution in [0.5, 0.6) is 0 Å². The molecule has 0 aliphatic rings. The summed E-state index contributed by atoms with van der Waals surface area (Å²) in [6.45, 7) is 0.0175. The number of aryl methyl sites for hydroxylation is 1. The number of amides is 1. The van der Waals surface area contributed by atoms with E-state index in [2.05, 4.69) is 30.5 Å². The van der Waals surface area contributed by atoms with Gasteiger partial charge in [0.05, 0.1) is 46.8 Å². The van der Waals surface area contributed by atoms with Crippen molar-refractivity contribution in [3.8, 4) is 0 Å². The lowest BCUT2D eigenvalue weighted by Crippen LogP contribution is -2.26. The Kier molecular flexibility index (Phi) is 3.99. The lowest BCUT2D eigenvalue weighted by molar-refractivity contribution is 0.0999. The maximum absolute atomic E-state index is 13.7. The predicted octanol–water partition coefficient (Wildman–Crippen LogP) is 0.668. The molecule has 0 unspecified atom stereocenters. The summed E-state index contributed by atoms with van der Waals surface area (Å²) in [5.74, 6) is -1.06. The SMILES string of the molecule is Cn1c2nc(Cc3[nH]ncc3F)sc2c2cnn(Cc3[nH]ncc3C(N)=O)c(=O)c21. The second-order valence-corrected chi connectivity index (χ2v) is 7.77. The first-order valence-corrected chi connectivity index (χ1v) is 9.59. The molecular formula is C17H14FN9O2S. The van der Waals surface area contributed by atoms with Crippen molar-refractivity contribution < 1.29 is 9.18 Å². The molecule has 30 heavy (non-hydrogen) atoms. The number of aromatic amines is 2. The molecule has 0 aromatic carbocycles. The standard InChI is InChI=1S/C17H14FN9O2S/c1-26-13-8(14-16(26)23-12(30-14)2-10-9(18)5-21-24-10)4-22-27(17(13)29)6-11-7(15(19)28)3-20-25-11/h3-5H,2,6H2,1H3,(H2,19,28)(H,20,25)(H,21,24). The molecule has 5 rings (SSSR count). The third-order valence-electron chi connectivity index (χ3n) is 4.85. The summed E-state index contributed by atoms with van der Waals surface area (Å²) < 4.78 is 17.4. The molecular weight excluding hydrogens is 413 g/mol. The zero-order valence-corrected chi connectivity index (χ0v) is 16.3. The normalized spacial score (nSPS) is 11.7. The first-order chi connectivity index (χ1) is 14.4. The van der Waals surface area contributed by atoms with Crippen molar-refractivity contribution in [1.29, 1.82) is 0 Å². The van der Waals surface area contributed by atoms with Crippen LogP contribution in [-0.4, -0.2) is 45.6 Å². The van der Waals surface area contributed by atoms with E-state index in [1.165, 1.54) is 22.2 Å². The first kappa shape index (κ1) is 18.2. The summed E-state index contributed by atoms with van der Waals surface area (Å²) in [7, 11) is 1.74. The third-order valence-corrected chi connectivity index (χ3v) is 5.93. The van der Waals surface area contributed by atoms with Gasteiger partial charge in [0, 0.05) is 18.9 Å². The fourth-order valence-corrected chi connectivity index (χ4v) is 4.51. The average molecular weight is 427 g/mol. The summed E-state index contributed by atoms with van der Waals surface area (Å²) >= 11 is 1.37. The van der Waals surface area contributed by atoms with Crippen molar-refractivity contribution in [2.24, 2.45) is 12.8 Å². The Morgan fingerprint density at radius 2 is 2.00 bits per heavy atom. The van der Waals surface area contributed by atoms with Crippen LogP contribution < -0.4 is 11.3 Å². The number of hydrogen-bond donors (Lipinski definition) is 3. The van der Waals surface area contributed by atoms with Gasteiger partial charge in [-0.25, -0.2) is 14.1 Å². The molecule has 0 saturated carbocycles. The summed E-state index contributed by atoms with van der Waals surface area (Å²) in [5.41, 5.74) is 6.98. The molecule has 0 aliphatic carbocycles. The Labute approximate surface area is 170 Å². The van der Waals surface area contributed by atoms with Crippen LogP contribution in [0.2, 0.25) is 0 Å². The number of thiazole rings is 1. The van der Waals surface area contributed by atoms with Gasteiger partial charge in [-0.1, -0.05) is 0 Å². The number of carbonyl (C=O) groups is 1. The predicted molar refractivity (Wildman–Crippen MR) is 106 cm³/mol. The molecule has 11 nitrogen and oxygen atoms in total. The molecule has 5 aromatic heterocycles. The van der Waals surface area contributed by atoms with E-state index in [4.69, 9.17) is 5.73 Å². The Balaban J connectivity index is 1.58. The number of hydrogen-bond acceptors (Lipinski definition) is 7. The smallest absolute Gasteiger partial charge is 0.291 e. The monoisotopic (exact) mass is 427 g/mol. The van der Waals surface area contributed by atoms with E-state index in [9.17, 15) is 14.0 Å². The lowest BCUT2D eigenvalue weighted by atomic mass is 10.2. The number of nitrogens with one attached hydrogen (secondary N) is 2. The summed E-state index contributed by atoms with van der Waals surface area (Å²) in [5, 5.41) is 18.4. The number of fused-ring (bicyclic) bond motifs is 3. The minimum absolute atomic E-state index is 0.0175. The van der Waals surface area contributed by atoms with Gasteiger partial charge >= 0.3 is 0 Å². The summed E-state index contributed by atoms with van der Waals surface area (Å²) in [4.78, 5) is 29.1. The molecule has 13 heteroatoms. The van der Waals surface area contributed by atoms with Crippen molar-refractivity contribution in [3.63, 3.8) is 0 Å². The second-order valence-electron chi connectivity index (χ2n) is 6.69. The highest BCUT2D eigenvalue weighted by Gasteiger charge is 2.20. The lowest BCUT2D eigenvalue weighted by Gasteiger charge is -2.05. The Morgan fingerprint density at radius 3 is 2.73 bits per heavy atom. The Bertz CT molecular complexity index is 1490. The van der Waals surface area contributed by atoms with Gasteiger partial charge in [0.25, 0.3) is 11.5 Å². The summed E-state index contributed by atoms with van der Waals surface area (Å²) in [6.07, 6.45) is 4.28. The molecule has 0 bridgehead atoms. The van der Waals surface area contributed by atoms with Gasteiger partial charge < -0.3 is 10.3 Å². The number of H-pyrrole nitrogens is 2. The summed E-state index contributed by atoms with van der Waals surface area (Å²) in [6, 6.07) is 0. The molecule has 0 atom stereocenters. The van der Waals surface area contributed by atoms with Crippen LogP contribution in [0.3, 0.4) is 0 Å². The molecule has 0 radical (unpaired) electrons. The van der Waals surface area contributed by atoms with Gasteiger partial charge in [0.1, 0.15) is 10.5 Å². The van der Waals surface area contributed by atoms with Crippen LogP contribution >= 0.6 is 11.3 Å². The van der Waals surface area contributed by atoms with Crippen molar-refractivity contribution in [2.75, 3.05) is 0 Å². The average Bonchev–Trinajstić information content (AvgIpc) is 3.46. The second kappa shape index (κ2) is 6.59. The minimum atomic E-state index is -0.641. The van der Waals surface area contributed by atoms with Crippen molar-refractivity contribution in [2.45, 2.75) is 13.0 Å². The van der Waals surface area contributed by atoms with Gasteiger partial charge in [0.15, 0.2) is 11.5 Å². The molecule has 152 valence electrons. The van der Waals surface area contributed by atoms with Crippen molar-refractivity contribution >= 4 is 38.5 Å². The highest BCUT2D eigenvalue weighted by atomic mass is 32.1. The third kappa shape index (κ3) is 2.70. The van der Waals surface area contributed by atoms with Crippen LogP contribution in [0.1, 0.15) is 26.8 Å². The van der Waals surface area contributed by atoms with E-state index in [0.29, 0.717) is 32.9 Å². The zero-order valence-electron chi connectivity index (χ0n) is 15.5. The van der Waals surface area contributed by atoms with Crippen LogP contribution in [0, 0.1) is 5.82 Å². The minimum Gasteiger partial charge on any atom is -0.365 e. The molecule has 4 N–H and O–H groups in total. The van der Waals surface area contributed by atoms with Crippen LogP contribution in [0.15, 0.2) is 23.4 Å². The molecule has 0 spiro atoms. The van der Waals surface area contributed by atoms with E-state index in [-0.39, 0.29) is 24.1 Å². The Morgan fingerprint density at radius 1 is 1.23 bits per heavy atom. The molecule has 0 aliphatic heterocycles. The van der Waals surface area contributed by atoms with Gasteiger partial charge in [-0.15, -0.1) is 11.3 Å². The maximum Gasteiger partial charge on any atom is 0.291 e. The van der Waals surface area contributed by atoms with Crippen molar-refractivity contribution in [1.82, 2.24) is 39.7 Å². The number of aromatic nitrogens is 8. The molecule has 5 heterocycles. The number of nitrogens with zero attached hydrogens (tertiary/aromatic N) is 6. The van der Waals surface area contributed by atoms with Crippen LogP contribution in [0.4, 0.5) is 4.39 Å². The van der Waals surface area contributed by atoms with Crippen LogP contribution in [0.25, 0.3) is 21.3 Å². The number of carbonyl (C=O) groups excluding carboxylic acids is 1. The highest BCUT2D eigenvalue weighted by molar-refractivity contribution is 7.19. The van der Waals surface area contributed by atoms with Gasteiger partial charge in [-0.2, -0.15) is 15.3 Å². The van der Waals surface area contributed by atoms with Gasteiger partial charge in [-0.05, 0) is 0 Å².